The third-order valence-corrected chi connectivity index (χ3v) is 8.70. The van der Waals surface area contributed by atoms with Crippen LogP contribution in [0.4, 0.5) is 0 Å². The van der Waals surface area contributed by atoms with Gasteiger partial charge in [-0.05, 0) is 101 Å². The predicted molar refractivity (Wildman–Crippen MR) is 203 cm³/mol. The third-order valence-electron chi connectivity index (χ3n) is 8.70. The predicted octanol–water partition coefficient (Wildman–Crippen LogP) is 13.2. The molecule has 1 aliphatic rings. The summed E-state index contributed by atoms with van der Waals surface area (Å²) in [6, 6.07) is -21.9. The first kappa shape index (κ1) is 12.0. The molecule has 0 N–H and O–H groups in total. The maximum absolute atomic E-state index is 10.1. The van der Waals surface area contributed by atoms with Gasteiger partial charge in [-0.15, -0.1) is 0 Å². The number of benzene rings is 8. The number of rotatable bonds is 3. The summed E-state index contributed by atoms with van der Waals surface area (Å²) in [5, 5.41) is -3.70. The first-order valence-corrected chi connectivity index (χ1v) is 14.7. The van der Waals surface area contributed by atoms with Crippen molar-refractivity contribution in [1.29, 1.82) is 0 Å². The van der Waals surface area contributed by atoms with Crippen molar-refractivity contribution in [1.82, 2.24) is 0 Å². The molecule has 9 aromatic rings. The molecule has 1 heteroatoms. The SMILES string of the molecule is [2H]c1c([2H])c(-c2c([2H])c([2H])c([2H])c3c2C(C)(C)c2c([2H])c([2H])c([2H])c([2H])c2-3)c([2H])c(-c2c3c([2H])c([2H])c([2H])c([2H])c3c(-c3c([2H])c([2H])c4oc5c([2H])c([2H])c([2H])c([2H])c5c4c3[2H])c3c([2H])c([2H])c([2H])c([2H])c23)c1[2H]. The third kappa shape index (κ3) is 3.79. The minimum Gasteiger partial charge on any atom is -0.456 e. The van der Waals surface area contributed by atoms with Crippen molar-refractivity contribution in [3.8, 4) is 44.5 Å². The van der Waals surface area contributed by atoms with Crippen molar-refractivity contribution < 1.29 is 40.1 Å². The van der Waals surface area contributed by atoms with Crippen molar-refractivity contribution in [3.05, 3.63) is 168 Å². The summed E-state index contributed by atoms with van der Waals surface area (Å²) < 4.78 is 242. The summed E-state index contributed by atoms with van der Waals surface area (Å²) in [7, 11) is 0. The van der Waals surface area contributed by atoms with Crippen molar-refractivity contribution in [3.63, 3.8) is 0 Å². The van der Waals surface area contributed by atoms with Crippen LogP contribution in [0.1, 0.15) is 60.6 Å². The molecule has 0 atom stereocenters. The molecular formula is C47H32O. The average molecular weight is 639 g/mol. The van der Waals surface area contributed by atoms with Gasteiger partial charge in [-0.2, -0.15) is 0 Å². The molecule has 1 heterocycles. The highest BCUT2D eigenvalue weighted by Crippen LogP contribution is 2.52. The molecule has 1 aliphatic carbocycles. The molecular weight excluding hydrogens is 581 g/mol. The molecule has 1 nitrogen and oxygen atoms in total. The van der Waals surface area contributed by atoms with Crippen molar-refractivity contribution in [2.75, 3.05) is 0 Å². The molecule has 0 saturated carbocycles. The van der Waals surface area contributed by atoms with Crippen molar-refractivity contribution >= 4 is 43.5 Å². The summed E-state index contributed by atoms with van der Waals surface area (Å²) in [6.07, 6.45) is 0. The van der Waals surface area contributed by atoms with E-state index in [9.17, 15) is 15.1 Å². The van der Waals surface area contributed by atoms with Crippen LogP contribution >= 0.6 is 0 Å². The second-order valence-corrected chi connectivity index (χ2v) is 11.6. The van der Waals surface area contributed by atoms with Gasteiger partial charge >= 0.3 is 0 Å². The van der Waals surface area contributed by atoms with Gasteiger partial charge in [0.25, 0.3) is 0 Å². The summed E-state index contributed by atoms with van der Waals surface area (Å²) in [5.74, 6) is 0. The number of furan rings is 1. The Morgan fingerprint density at radius 1 is 0.417 bits per heavy atom. The molecule has 10 rings (SSSR count). The summed E-state index contributed by atoms with van der Waals surface area (Å²) in [4.78, 5) is 0. The molecule has 48 heavy (non-hydrogen) atoms. The van der Waals surface area contributed by atoms with E-state index in [4.69, 9.17) is 25.0 Å². The summed E-state index contributed by atoms with van der Waals surface area (Å²) >= 11 is 0. The highest BCUT2D eigenvalue weighted by Gasteiger charge is 2.37. The van der Waals surface area contributed by atoms with Crippen molar-refractivity contribution in [2.45, 2.75) is 19.3 Å². The van der Waals surface area contributed by atoms with Crippen LogP contribution in [0.5, 0.6) is 0 Å². The first-order valence-electron chi connectivity index (χ1n) is 27.7. The van der Waals surface area contributed by atoms with Crippen LogP contribution in [0.2, 0.25) is 0 Å². The zero-order valence-corrected chi connectivity index (χ0v) is 24.9. The van der Waals surface area contributed by atoms with Gasteiger partial charge in [0.1, 0.15) is 11.2 Å². The highest BCUT2D eigenvalue weighted by atomic mass is 16.3. The van der Waals surface area contributed by atoms with Crippen LogP contribution in [-0.4, -0.2) is 0 Å². The van der Waals surface area contributed by atoms with Gasteiger partial charge in [0, 0.05) is 16.2 Å². The van der Waals surface area contributed by atoms with Gasteiger partial charge in [-0.3, -0.25) is 0 Å². The molecule has 0 radical (unpaired) electrons. The van der Waals surface area contributed by atoms with Crippen LogP contribution < -0.4 is 0 Å². The normalized spacial score (nSPS) is 21.0. The fraction of sp³-hybridized carbons (Fsp3) is 0.0638. The van der Waals surface area contributed by atoms with Gasteiger partial charge < -0.3 is 4.42 Å². The van der Waals surface area contributed by atoms with Gasteiger partial charge in [0.05, 0.1) is 35.6 Å². The Labute approximate surface area is 316 Å². The van der Waals surface area contributed by atoms with Gasteiger partial charge in [0.2, 0.25) is 0 Å². The average Bonchev–Trinajstić information content (AvgIpc) is 3.88. The Morgan fingerprint density at radius 2 is 0.938 bits per heavy atom. The Morgan fingerprint density at radius 3 is 1.67 bits per heavy atom. The van der Waals surface area contributed by atoms with Crippen LogP contribution in [0.3, 0.4) is 0 Å². The van der Waals surface area contributed by atoms with E-state index >= 15 is 0 Å². The summed E-state index contributed by atoms with van der Waals surface area (Å²) in [6.45, 7) is 2.99. The van der Waals surface area contributed by atoms with Crippen LogP contribution in [0.25, 0.3) is 88.0 Å². The Hall–Kier alpha value is -5.92. The molecule has 0 unspecified atom stereocenters. The minimum absolute atomic E-state index is 0.0559. The number of para-hydroxylation sites is 1. The lowest BCUT2D eigenvalue weighted by Crippen LogP contribution is -2.16. The van der Waals surface area contributed by atoms with E-state index in [2.05, 4.69) is 0 Å². The van der Waals surface area contributed by atoms with E-state index < -0.39 is 239 Å². The number of hydrogen-bond acceptors (Lipinski definition) is 1. The molecule has 226 valence electrons. The van der Waals surface area contributed by atoms with E-state index in [-0.39, 0.29) is 22.3 Å². The van der Waals surface area contributed by atoms with E-state index in [1.807, 2.05) is 0 Å². The van der Waals surface area contributed by atoms with Crippen molar-refractivity contribution in [2.24, 2.45) is 0 Å². The van der Waals surface area contributed by atoms with E-state index in [1.54, 1.807) is 0 Å². The zero-order chi connectivity index (χ0) is 54.6. The van der Waals surface area contributed by atoms with Gasteiger partial charge in [-0.1, -0.05) is 147 Å². The summed E-state index contributed by atoms with van der Waals surface area (Å²) in [5.41, 5.74) is -7.40. The monoisotopic (exact) mass is 638 g/mol. The quantitative estimate of drug-likeness (QED) is 0.176. The topological polar surface area (TPSA) is 13.1 Å². The van der Waals surface area contributed by atoms with Crippen LogP contribution in [-0.2, 0) is 5.41 Å². The smallest absolute Gasteiger partial charge is 0.135 e. The molecule has 0 bridgehead atoms. The molecule has 0 fully saturated rings. The minimum atomic E-state index is -1.61. The lowest BCUT2D eigenvalue weighted by molar-refractivity contribution is 0.662. The highest BCUT2D eigenvalue weighted by molar-refractivity contribution is 6.22. The van der Waals surface area contributed by atoms with Crippen LogP contribution in [0, 0.1) is 0 Å². The maximum Gasteiger partial charge on any atom is 0.135 e. The Bertz CT molecular complexity index is 4150. The van der Waals surface area contributed by atoms with Gasteiger partial charge in [0.15, 0.2) is 0 Å². The fourth-order valence-corrected chi connectivity index (χ4v) is 6.65. The van der Waals surface area contributed by atoms with Crippen LogP contribution in [0.15, 0.2) is 162 Å². The number of fused-ring (bicyclic) bond motifs is 8. The van der Waals surface area contributed by atoms with E-state index in [0.717, 1.165) is 0 Å². The Kier molecular flexibility index (Phi) is 2.50. The standard InChI is InChI=1S/C47H32O/c1-47(2)41-23-9-7-15-33(41)39-22-12-21-32(46(39)47)29-13-11-14-30(27-29)44-35-17-3-5-19-37(35)45(38-20-6-4-18-36(38)44)31-25-26-43-40(28-31)34-16-8-10-24-42(34)48-43/h3-28H,1-2H3/i3D,4D,5D,6D,7D,8D,9D,10D,11D,12D,13D,14D,15D,16D,17D,18D,19D,20D,21D,22D,23D,24D,25D,26D,27D,28D. The maximum atomic E-state index is 10.1. The van der Waals surface area contributed by atoms with E-state index in [1.165, 1.54) is 13.8 Å². The molecule has 8 aromatic carbocycles. The second kappa shape index (κ2) is 10.0. The lowest BCUT2D eigenvalue weighted by Gasteiger charge is -2.25. The fourth-order valence-electron chi connectivity index (χ4n) is 6.65. The molecule has 0 spiro atoms. The number of hydrogen-bond donors (Lipinski definition) is 0. The molecule has 0 aliphatic heterocycles. The second-order valence-electron chi connectivity index (χ2n) is 11.6. The van der Waals surface area contributed by atoms with E-state index in [0.29, 0.717) is 0 Å². The van der Waals surface area contributed by atoms with Gasteiger partial charge in [-0.25, -0.2) is 0 Å². The molecule has 0 amide bonds. The molecule has 0 saturated heterocycles. The molecule has 1 aromatic heterocycles. The largest absolute Gasteiger partial charge is 0.456 e. The lowest BCUT2D eigenvalue weighted by atomic mass is 9.78. The first-order chi connectivity index (χ1) is 34.4. The Balaban J connectivity index is 1.47. The zero-order valence-electron chi connectivity index (χ0n) is 50.9.